The van der Waals surface area contributed by atoms with E-state index in [2.05, 4.69) is 43.5 Å². The molecule has 0 nitrogen and oxygen atoms in total. The van der Waals surface area contributed by atoms with E-state index in [1.165, 1.54) is 22.3 Å². The Kier molecular flexibility index (Phi) is 2.62. The second kappa shape index (κ2) is 3.76. The second-order valence-corrected chi connectivity index (χ2v) is 4.86. The van der Waals surface area contributed by atoms with Crippen LogP contribution in [0, 0.1) is 13.8 Å². The fourth-order valence-corrected chi connectivity index (χ4v) is 2.76. The first kappa shape index (κ1) is 9.75. The van der Waals surface area contributed by atoms with E-state index in [1.807, 2.05) is 0 Å². The van der Waals surface area contributed by atoms with Crippen molar-refractivity contribution in [1.29, 1.82) is 0 Å². The molecular weight excluding hydrogens is 212 g/mol. The lowest BCUT2D eigenvalue weighted by Crippen LogP contribution is -1.82. The number of hydrogen-bond donors (Lipinski definition) is 0. The predicted molar refractivity (Wildman–Crippen MR) is 64.2 cm³/mol. The average Bonchev–Trinajstić information content (AvgIpc) is 2.48. The van der Waals surface area contributed by atoms with E-state index in [9.17, 15) is 0 Å². The predicted octanol–water partition coefficient (Wildman–Crippen LogP) is 4.69. The molecule has 0 saturated heterocycles. The molecule has 1 heterocycles. The molecule has 2 aromatic rings. The molecule has 1 aromatic heterocycles. The number of thiophene rings is 1. The summed E-state index contributed by atoms with van der Waals surface area (Å²) in [5.74, 6) is 0. The summed E-state index contributed by atoms with van der Waals surface area (Å²) in [5, 5.41) is 2.10. The van der Waals surface area contributed by atoms with Crippen LogP contribution in [0.3, 0.4) is 0 Å². The summed E-state index contributed by atoms with van der Waals surface area (Å²) in [6, 6.07) is 8.34. The van der Waals surface area contributed by atoms with Crippen LogP contribution in [-0.4, -0.2) is 0 Å². The summed E-state index contributed by atoms with van der Waals surface area (Å²) in [6.07, 6.45) is 0. The van der Waals surface area contributed by atoms with Crippen molar-refractivity contribution < 1.29 is 0 Å². The van der Waals surface area contributed by atoms with Crippen LogP contribution >= 0.6 is 22.9 Å². The fourth-order valence-electron chi connectivity index (χ4n) is 1.58. The van der Waals surface area contributed by atoms with E-state index in [0.29, 0.717) is 0 Å². The van der Waals surface area contributed by atoms with Crippen LogP contribution in [0.15, 0.2) is 29.6 Å². The minimum Gasteiger partial charge on any atom is -0.131 e. The molecule has 0 radical (unpaired) electrons. The maximum Gasteiger partial charge on any atom is 0.101 e. The van der Waals surface area contributed by atoms with Gasteiger partial charge in [0.15, 0.2) is 0 Å². The molecule has 1 aromatic carbocycles. The zero-order valence-electron chi connectivity index (χ0n) is 8.17. The third kappa shape index (κ3) is 1.58. The van der Waals surface area contributed by atoms with Crippen molar-refractivity contribution in [3.05, 3.63) is 45.1 Å². The first-order chi connectivity index (χ1) is 6.70. The summed E-state index contributed by atoms with van der Waals surface area (Å²) in [4.78, 5) is 0. The Labute approximate surface area is 93.2 Å². The highest BCUT2D eigenvalue weighted by molar-refractivity contribution is 7.15. The molecule has 0 N–H and O–H groups in total. The van der Waals surface area contributed by atoms with Crippen molar-refractivity contribution in [2.75, 3.05) is 0 Å². The van der Waals surface area contributed by atoms with Gasteiger partial charge in [-0.05, 0) is 35.9 Å². The molecule has 0 aliphatic carbocycles. The summed E-state index contributed by atoms with van der Waals surface area (Å²) in [5.41, 5.74) is 4.97. The van der Waals surface area contributed by atoms with Crippen molar-refractivity contribution in [2.45, 2.75) is 13.8 Å². The Bertz CT molecular complexity index is 438. The Morgan fingerprint density at radius 2 is 1.79 bits per heavy atom. The lowest BCUT2D eigenvalue weighted by molar-refractivity contribution is 1.44. The third-order valence-corrected chi connectivity index (χ3v) is 3.68. The highest BCUT2D eigenvalue weighted by Crippen LogP contribution is 2.37. The molecule has 2 heteroatoms. The van der Waals surface area contributed by atoms with Crippen LogP contribution in [0.2, 0.25) is 4.34 Å². The van der Waals surface area contributed by atoms with Gasteiger partial charge in [0.2, 0.25) is 0 Å². The minimum atomic E-state index is 0.886. The fraction of sp³-hybridized carbons (Fsp3) is 0.167. The standard InChI is InChI=1S/C12H11ClS/c1-8-5-3-4-6-10(8)11-9(2)7-14-12(11)13/h3-7H,1-2H3. The van der Waals surface area contributed by atoms with E-state index >= 15 is 0 Å². The van der Waals surface area contributed by atoms with Crippen LogP contribution < -0.4 is 0 Å². The van der Waals surface area contributed by atoms with Gasteiger partial charge in [-0.25, -0.2) is 0 Å². The molecule has 0 fully saturated rings. The molecular formula is C12H11ClS. The van der Waals surface area contributed by atoms with E-state index in [4.69, 9.17) is 11.6 Å². The Morgan fingerprint density at radius 1 is 1.07 bits per heavy atom. The number of halogens is 1. The number of rotatable bonds is 1. The van der Waals surface area contributed by atoms with Gasteiger partial charge in [0.25, 0.3) is 0 Å². The van der Waals surface area contributed by atoms with Crippen molar-refractivity contribution >= 4 is 22.9 Å². The van der Waals surface area contributed by atoms with Gasteiger partial charge in [-0.15, -0.1) is 11.3 Å². The van der Waals surface area contributed by atoms with Gasteiger partial charge in [0, 0.05) is 5.56 Å². The van der Waals surface area contributed by atoms with Crippen LogP contribution in [0.4, 0.5) is 0 Å². The smallest absolute Gasteiger partial charge is 0.101 e. The zero-order chi connectivity index (χ0) is 10.1. The lowest BCUT2D eigenvalue weighted by atomic mass is 10.0. The maximum atomic E-state index is 6.17. The molecule has 72 valence electrons. The third-order valence-electron chi connectivity index (χ3n) is 2.34. The van der Waals surface area contributed by atoms with Crippen LogP contribution in [0.5, 0.6) is 0 Å². The molecule has 2 rings (SSSR count). The van der Waals surface area contributed by atoms with Crippen molar-refractivity contribution in [3.8, 4) is 11.1 Å². The number of benzene rings is 1. The highest BCUT2D eigenvalue weighted by atomic mass is 35.5. The topological polar surface area (TPSA) is 0 Å². The van der Waals surface area contributed by atoms with Crippen molar-refractivity contribution in [2.24, 2.45) is 0 Å². The monoisotopic (exact) mass is 222 g/mol. The molecule has 0 spiro atoms. The number of hydrogen-bond acceptors (Lipinski definition) is 1. The summed E-state index contributed by atoms with van der Waals surface area (Å²) < 4.78 is 0.886. The second-order valence-electron chi connectivity index (χ2n) is 3.38. The molecule has 14 heavy (non-hydrogen) atoms. The van der Waals surface area contributed by atoms with E-state index < -0.39 is 0 Å². The van der Waals surface area contributed by atoms with Gasteiger partial charge in [0.1, 0.15) is 4.34 Å². The molecule has 0 atom stereocenters. The normalized spacial score (nSPS) is 10.5. The van der Waals surface area contributed by atoms with Crippen LogP contribution in [0.25, 0.3) is 11.1 Å². The largest absolute Gasteiger partial charge is 0.131 e. The lowest BCUT2D eigenvalue weighted by Gasteiger charge is -2.05. The quantitative estimate of drug-likeness (QED) is 0.657. The van der Waals surface area contributed by atoms with Crippen molar-refractivity contribution in [3.63, 3.8) is 0 Å². The van der Waals surface area contributed by atoms with Crippen LogP contribution in [-0.2, 0) is 0 Å². The van der Waals surface area contributed by atoms with E-state index in [-0.39, 0.29) is 0 Å². The van der Waals surface area contributed by atoms with Gasteiger partial charge in [-0.2, -0.15) is 0 Å². The van der Waals surface area contributed by atoms with Gasteiger partial charge in [-0.1, -0.05) is 35.9 Å². The maximum absolute atomic E-state index is 6.17. The highest BCUT2D eigenvalue weighted by Gasteiger charge is 2.10. The van der Waals surface area contributed by atoms with E-state index in [0.717, 1.165) is 4.34 Å². The summed E-state index contributed by atoms with van der Waals surface area (Å²) >= 11 is 7.77. The Hall–Kier alpha value is -0.790. The first-order valence-electron chi connectivity index (χ1n) is 4.49. The average molecular weight is 223 g/mol. The molecule has 0 amide bonds. The van der Waals surface area contributed by atoms with Gasteiger partial charge in [-0.3, -0.25) is 0 Å². The first-order valence-corrected chi connectivity index (χ1v) is 5.75. The summed E-state index contributed by atoms with van der Waals surface area (Å²) in [6.45, 7) is 4.22. The van der Waals surface area contributed by atoms with Gasteiger partial charge < -0.3 is 0 Å². The molecule has 0 bridgehead atoms. The van der Waals surface area contributed by atoms with Gasteiger partial charge in [0.05, 0.1) is 0 Å². The molecule has 0 saturated carbocycles. The Balaban J connectivity index is 2.66. The molecule has 0 unspecified atom stereocenters. The van der Waals surface area contributed by atoms with E-state index in [1.54, 1.807) is 11.3 Å². The zero-order valence-corrected chi connectivity index (χ0v) is 9.75. The Morgan fingerprint density at radius 3 is 2.36 bits per heavy atom. The van der Waals surface area contributed by atoms with Crippen molar-refractivity contribution in [1.82, 2.24) is 0 Å². The molecule has 0 aliphatic rings. The van der Waals surface area contributed by atoms with Gasteiger partial charge >= 0.3 is 0 Å². The van der Waals surface area contributed by atoms with Crippen LogP contribution in [0.1, 0.15) is 11.1 Å². The minimum absolute atomic E-state index is 0.886. The number of aryl methyl sites for hydroxylation is 2. The molecule has 0 aliphatic heterocycles. The SMILES string of the molecule is Cc1ccccc1-c1c(C)csc1Cl. The summed E-state index contributed by atoms with van der Waals surface area (Å²) in [7, 11) is 0.